The van der Waals surface area contributed by atoms with Gasteiger partial charge in [-0.3, -0.25) is 20.4 Å². The fourth-order valence-electron chi connectivity index (χ4n) is 1.72. The molecule has 22 heavy (non-hydrogen) atoms. The molecule has 0 aromatic heterocycles. The molecule has 0 unspecified atom stereocenters. The number of hydrazine groups is 1. The number of carbonyl (C=O) groups excluding carboxylic acids is 3. The summed E-state index contributed by atoms with van der Waals surface area (Å²) in [6, 6.07) is 14.4. The van der Waals surface area contributed by atoms with Gasteiger partial charge in [0, 0.05) is 11.1 Å². The number of carbonyl (C=O) groups is 3. The average Bonchev–Trinajstić information content (AvgIpc) is 2.59. The van der Waals surface area contributed by atoms with Gasteiger partial charge in [-0.1, -0.05) is 18.2 Å². The third-order valence-corrected chi connectivity index (χ3v) is 2.89. The highest BCUT2D eigenvalue weighted by atomic mass is 16.5. The maximum absolute atomic E-state index is 11.9. The predicted molar refractivity (Wildman–Crippen MR) is 79.2 cm³/mol. The molecule has 2 aromatic rings. The Kier molecular flexibility index (Phi) is 4.87. The molecule has 0 aliphatic heterocycles. The van der Waals surface area contributed by atoms with Crippen molar-refractivity contribution >= 4 is 17.8 Å². The van der Waals surface area contributed by atoms with E-state index in [1.165, 1.54) is 31.4 Å². The minimum Gasteiger partial charge on any atom is -0.465 e. The Morgan fingerprint density at radius 3 is 1.68 bits per heavy atom. The lowest BCUT2D eigenvalue weighted by Crippen LogP contribution is -2.41. The molecule has 0 fully saturated rings. The van der Waals surface area contributed by atoms with Gasteiger partial charge in [-0.15, -0.1) is 0 Å². The van der Waals surface area contributed by atoms with Crippen LogP contribution in [-0.4, -0.2) is 24.9 Å². The molecule has 2 rings (SSSR count). The summed E-state index contributed by atoms with van der Waals surface area (Å²) in [6.07, 6.45) is 0. The fourth-order valence-corrected chi connectivity index (χ4v) is 1.72. The van der Waals surface area contributed by atoms with Crippen LogP contribution in [0.2, 0.25) is 0 Å². The van der Waals surface area contributed by atoms with Crippen LogP contribution in [0.3, 0.4) is 0 Å². The van der Waals surface area contributed by atoms with Gasteiger partial charge in [0.15, 0.2) is 0 Å². The monoisotopic (exact) mass is 298 g/mol. The van der Waals surface area contributed by atoms with Crippen molar-refractivity contribution in [2.45, 2.75) is 0 Å². The van der Waals surface area contributed by atoms with E-state index >= 15 is 0 Å². The molecule has 0 radical (unpaired) electrons. The SMILES string of the molecule is COC(=O)c1ccc(C(=O)NNC(=O)c2ccccc2)cc1. The lowest BCUT2D eigenvalue weighted by atomic mass is 10.1. The van der Waals surface area contributed by atoms with E-state index < -0.39 is 17.8 Å². The van der Waals surface area contributed by atoms with Crippen LogP contribution in [0.4, 0.5) is 0 Å². The van der Waals surface area contributed by atoms with Crippen molar-refractivity contribution in [1.29, 1.82) is 0 Å². The first-order valence-corrected chi connectivity index (χ1v) is 6.46. The van der Waals surface area contributed by atoms with Gasteiger partial charge in [0.25, 0.3) is 11.8 Å². The number of benzene rings is 2. The Morgan fingerprint density at radius 2 is 1.18 bits per heavy atom. The molecule has 2 aromatic carbocycles. The largest absolute Gasteiger partial charge is 0.465 e. The van der Waals surface area contributed by atoms with Crippen LogP contribution >= 0.6 is 0 Å². The van der Waals surface area contributed by atoms with Crippen LogP contribution < -0.4 is 10.9 Å². The first-order valence-electron chi connectivity index (χ1n) is 6.46. The van der Waals surface area contributed by atoms with E-state index in [1.807, 2.05) is 0 Å². The first kappa shape index (κ1) is 15.2. The molecule has 0 saturated heterocycles. The lowest BCUT2D eigenvalue weighted by Gasteiger charge is -2.07. The van der Waals surface area contributed by atoms with Gasteiger partial charge in [0.2, 0.25) is 0 Å². The lowest BCUT2D eigenvalue weighted by molar-refractivity contribution is 0.0600. The molecule has 6 nitrogen and oxygen atoms in total. The minimum atomic E-state index is -0.485. The van der Waals surface area contributed by atoms with Crippen LogP contribution in [0.15, 0.2) is 54.6 Å². The minimum absolute atomic E-state index is 0.306. The van der Waals surface area contributed by atoms with Crippen molar-refractivity contribution < 1.29 is 19.1 Å². The summed E-state index contributed by atoms with van der Waals surface area (Å²) in [5, 5.41) is 0. The van der Waals surface area contributed by atoms with Crippen molar-refractivity contribution in [3.8, 4) is 0 Å². The van der Waals surface area contributed by atoms with E-state index in [4.69, 9.17) is 0 Å². The van der Waals surface area contributed by atoms with Gasteiger partial charge in [-0.2, -0.15) is 0 Å². The zero-order chi connectivity index (χ0) is 15.9. The molecule has 0 saturated carbocycles. The van der Waals surface area contributed by atoms with Crippen LogP contribution in [0.5, 0.6) is 0 Å². The smallest absolute Gasteiger partial charge is 0.337 e. The fraction of sp³-hybridized carbons (Fsp3) is 0.0625. The number of hydrogen-bond donors (Lipinski definition) is 2. The summed E-state index contributed by atoms with van der Waals surface area (Å²) in [4.78, 5) is 35.0. The second kappa shape index (κ2) is 7.03. The Bertz CT molecular complexity index is 681. The molecule has 0 spiro atoms. The second-order valence-corrected chi connectivity index (χ2v) is 4.34. The molecule has 2 N–H and O–H groups in total. The van der Waals surface area contributed by atoms with E-state index in [9.17, 15) is 14.4 Å². The highest BCUT2D eigenvalue weighted by Gasteiger charge is 2.10. The number of nitrogens with one attached hydrogen (secondary N) is 2. The molecule has 0 heterocycles. The summed E-state index contributed by atoms with van der Waals surface area (Å²) in [5.41, 5.74) is 5.70. The van der Waals surface area contributed by atoms with Gasteiger partial charge >= 0.3 is 5.97 Å². The van der Waals surface area contributed by atoms with E-state index in [-0.39, 0.29) is 0 Å². The molecule has 0 bridgehead atoms. The normalized spacial score (nSPS) is 9.68. The zero-order valence-electron chi connectivity index (χ0n) is 11.8. The van der Waals surface area contributed by atoms with Crippen LogP contribution in [0, 0.1) is 0 Å². The molecule has 2 amide bonds. The van der Waals surface area contributed by atoms with Gasteiger partial charge in [0.1, 0.15) is 0 Å². The van der Waals surface area contributed by atoms with Crippen molar-refractivity contribution in [1.82, 2.24) is 10.9 Å². The van der Waals surface area contributed by atoms with Crippen LogP contribution in [0.25, 0.3) is 0 Å². The standard InChI is InChI=1S/C16H14N2O4/c1-22-16(21)13-9-7-12(8-10-13)15(20)18-17-14(19)11-5-3-2-4-6-11/h2-10H,1H3,(H,17,19)(H,18,20). The summed E-state index contributed by atoms with van der Waals surface area (Å²) >= 11 is 0. The Balaban J connectivity index is 1.95. The Morgan fingerprint density at radius 1 is 0.727 bits per heavy atom. The number of rotatable bonds is 3. The molecule has 0 aliphatic rings. The molecule has 112 valence electrons. The third kappa shape index (κ3) is 3.69. The summed E-state index contributed by atoms with van der Waals surface area (Å²) < 4.78 is 4.57. The molecular formula is C16H14N2O4. The zero-order valence-corrected chi connectivity index (χ0v) is 11.8. The maximum atomic E-state index is 11.9. The number of amides is 2. The third-order valence-electron chi connectivity index (χ3n) is 2.89. The van der Waals surface area contributed by atoms with Gasteiger partial charge in [0.05, 0.1) is 12.7 Å². The highest BCUT2D eigenvalue weighted by molar-refractivity contribution is 5.99. The highest BCUT2D eigenvalue weighted by Crippen LogP contribution is 2.05. The molecular weight excluding hydrogens is 284 g/mol. The van der Waals surface area contributed by atoms with Crippen LogP contribution in [0.1, 0.15) is 31.1 Å². The molecule has 0 atom stereocenters. The number of hydrogen-bond acceptors (Lipinski definition) is 4. The number of esters is 1. The van der Waals surface area contributed by atoms with E-state index in [1.54, 1.807) is 30.3 Å². The van der Waals surface area contributed by atoms with Gasteiger partial charge in [-0.25, -0.2) is 4.79 Å². The predicted octanol–water partition coefficient (Wildman–Crippen LogP) is 1.55. The molecule has 6 heteroatoms. The summed E-state index contributed by atoms with van der Waals surface area (Å²) in [7, 11) is 1.28. The van der Waals surface area contributed by atoms with Crippen LogP contribution in [-0.2, 0) is 4.74 Å². The first-order chi connectivity index (χ1) is 10.6. The van der Waals surface area contributed by atoms with E-state index in [0.29, 0.717) is 16.7 Å². The quantitative estimate of drug-likeness (QED) is 0.665. The summed E-state index contributed by atoms with van der Waals surface area (Å²) in [5.74, 6) is -1.38. The van der Waals surface area contributed by atoms with Crippen molar-refractivity contribution in [3.05, 3.63) is 71.3 Å². The Hall–Kier alpha value is -3.15. The molecule has 0 aliphatic carbocycles. The van der Waals surface area contributed by atoms with Crippen molar-refractivity contribution in [2.24, 2.45) is 0 Å². The number of methoxy groups -OCH3 is 1. The topological polar surface area (TPSA) is 84.5 Å². The van der Waals surface area contributed by atoms with Crippen molar-refractivity contribution in [3.63, 3.8) is 0 Å². The average molecular weight is 298 g/mol. The van der Waals surface area contributed by atoms with Gasteiger partial charge in [-0.05, 0) is 36.4 Å². The van der Waals surface area contributed by atoms with E-state index in [0.717, 1.165) is 0 Å². The number of ether oxygens (including phenoxy) is 1. The van der Waals surface area contributed by atoms with Crippen molar-refractivity contribution in [2.75, 3.05) is 7.11 Å². The van der Waals surface area contributed by atoms with Gasteiger partial charge < -0.3 is 4.74 Å². The summed E-state index contributed by atoms with van der Waals surface area (Å²) in [6.45, 7) is 0. The second-order valence-electron chi connectivity index (χ2n) is 4.34. The Labute approximate surface area is 127 Å². The maximum Gasteiger partial charge on any atom is 0.337 e. The van der Waals surface area contributed by atoms with E-state index in [2.05, 4.69) is 15.6 Å².